The van der Waals surface area contributed by atoms with Crippen LogP contribution in [-0.4, -0.2) is 34.1 Å². The number of primary sulfonamides is 1. The second-order valence-electron chi connectivity index (χ2n) is 5.44. The molecule has 2 aromatic rings. The van der Waals surface area contributed by atoms with Crippen molar-refractivity contribution >= 4 is 39.3 Å². The van der Waals surface area contributed by atoms with E-state index in [0.717, 1.165) is 17.6 Å². The van der Waals surface area contributed by atoms with E-state index in [1.807, 2.05) is 0 Å². The number of rotatable bonds is 5. The molecule has 27 heavy (non-hydrogen) atoms. The highest BCUT2D eigenvalue weighted by atomic mass is 35.5. The molecule has 0 heterocycles. The summed E-state index contributed by atoms with van der Waals surface area (Å²) in [6.45, 7) is 1.31. The molecule has 144 valence electrons. The van der Waals surface area contributed by atoms with Crippen LogP contribution in [-0.2, 0) is 19.6 Å². The number of amides is 2. The van der Waals surface area contributed by atoms with Crippen molar-refractivity contribution in [2.75, 3.05) is 18.6 Å². The van der Waals surface area contributed by atoms with Crippen molar-refractivity contribution in [1.82, 2.24) is 0 Å². The zero-order chi connectivity index (χ0) is 20.2. The van der Waals surface area contributed by atoms with Gasteiger partial charge in [-0.3, -0.25) is 4.79 Å². The fraction of sp³-hybridized carbons (Fsp3) is 0.176. The molecule has 0 spiro atoms. The fourth-order valence-electron chi connectivity index (χ4n) is 2.21. The van der Waals surface area contributed by atoms with Crippen molar-refractivity contribution < 1.29 is 27.5 Å². The number of methoxy groups -OCH3 is 1. The number of carbonyl (C=O) groups is 2. The average Bonchev–Trinajstić information content (AvgIpc) is 2.60. The minimum atomic E-state index is -3.90. The van der Waals surface area contributed by atoms with Gasteiger partial charge in [0, 0.05) is 5.02 Å². The molecule has 0 unspecified atom stereocenters. The Bertz CT molecular complexity index is 960. The van der Waals surface area contributed by atoms with Gasteiger partial charge in [-0.1, -0.05) is 11.6 Å². The van der Waals surface area contributed by atoms with Crippen LogP contribution in [0, 0.1) is 6.92 Å². The standard InChI is InChI=1S/C17H17ClN2O6S/c1-11-9-12(18)3-8-15(11)26-10-16(21)20(17(22)25-2)13-4-6-14(7-5-13)27(19,23)24/h3-9H,10H2,1-2H3,(H2,19,23,24). The number of anilines is 1. The summed E-state index contributed by atoms with van der Waals surface area (Å²) in [5.41, 5.74) is 0.827. The molecule has 0 aromatic heterocycles. The number of benzene rings is 2. The minimum Gasteiger partial charge on any atom is -0.483 e. The van der Waals surface area contributed by atoms with Gasteiger partial charge in [0.15, 0.2) is 6.61 Å². The zero-order valence-corrected chi connectivity index (χ0v) is 16.1. The Labute approximate surface area is 161 Å². The first-order chi connectivity index (χ1) is 12.6. The summed E-state index contributed by atoms with van der Waals surface area (Å²) >= 11 is 5.87. The second-order valence-corrected chi connectivity index (χ2v) is 7.43. The van der Waals surface area contributed by atoms with E-state index in [0.29, 0.717) is 10.8 Å². The molecular formula is C17H17ClN2O6S. The zero-order valence-electron chi connectivity index (χ0n) is 14.5. The molecule has 0 aliphatic rings. The first-order valence-corrected chi connectivity index (χ1v) is 9.48. The summed E-state index contributed by atoms with van der Waals surface area (Å²) in [6, 6.07) is 9.78. The maximum atomic E-state index is 12.5. The van der Waals surface area contributed by atoms with Gasteiger partial charge in [0.25, 0.3) is 5.91 Å². The lowest BCUT2D eigenvalue weighted by Crippen LogP contribution is -2.40. The predicted molar refractivity (Wildman–Crippen MR) is 99.4 cm³/mol. The molecule has 0 fully saturated rings. The van der Waals surface area contributed by atoms with Crippen molar-refractivity contribution in [2.24, 2.45) is 5.14 Å². The Morgan fingerprint density at radius 2 is 1.78 bits per heavy atom. The van der Waals surface area contributed by atoms with E-state index in [-0.39, 0.29) is 10.6 Å². The molecule has 2 aromatic carbocycles. The number of ether oxygens (including phenoxy) is 2. The van der Waals surface area contributed by atoms with E-state index in [4.69, 9.17) is 21.5 Å². The third-order valence-corrected chi connectivity index (χ3v) is 4.68. The molecule has 0 aliphatic heterocycles. The smallest absolute Gasteiger partial charge is 0.421 e. The summed E-state index contributed by atoms with van der Waals surface area (Å²) in [5, 5.41) is 5.56. The van der Waals surface area contributed by atoms with Crippen LogP contribution in [0.15, 0.2) is 47.4 Å². The van der Waals surface area contributed by atoms with Crippen molar-refractivity contribution in [3.63, 3.8) is 0 Å². The van der Waals surface area contributed by atoms with Gasteiger partial charge >= 0.3 is 6.09 Å². The summed E-state index contributed by atoms with van der Waals surface area (Å²) in [5.74, 6) is -0.276. The van der Waals surface area contributed by atoms with E-state index >= 15 is 0 Å². The van der Waals surface area contributed by atoms with Crippen molar-refractivity contribution in [1.29, 1.82) is 0 Å². The van der Waals surface area contributed by atoms with Crippen molar-refractivity contribution in [3.8, 4) is 5.75 Å². The van der Waals surface area contributed by atoms with Crippen molar-refractivity contribution in [2.45, 2.75) is 11.8 Å². The summed E-state index contributed by atoms with van der Waals surface area (Å²) in [6.07, 6.45) is -0.945. The highest BCUT2D eigenvalue weighted by molar-refractivity contribution is 7.89. The van der Waals surface area contributed by atoms with Gasteiger partial charge in [0.1, 0.15) is 5.75 Å². The van der Waals surface area contributed by atoms with Gasteiger partial charge in [-0.15, -0.1) is 0 Å². The number of carbonyl (C=O) groups excluding carboxylic acids is 2. The number of imide groups is 1. The fourth-order valence-corrected chi connectivity index (χ4v) is 2.95. The number of hydrogen-bond donors (Lipinski definition) is 1. The first-order valence-electron chi connectivity index (χ1n) is 7.56. The number of halogens is 1. The highest BCUT2D eigenvalue weighted by Gasteiger charge is 2.25. The summed E-state index contributed by atoms with van der Waals surface area (Å²) < 4.78 is 32.7. The summed E-state index contributed by atoms with van der Waals surface area (Å²) in [4.78, 5) is 25.1. The first kappa shape index (κ1) is 20.7. The minimum absolute atomic E-state index is 0.107. The maximum absolute atomic E-state index is 12.5. The molecule has 2 N–H and O–H groups in total. The molecular weight excluding hydrogens is 396 g/mol. The Morgan fingerprint density at radius 1 is 1.15 bits per heavy atom. The SMILES string of the molecule is COC(=O)N(C(=O)COc1ccc(Cl)cc1C)c1ccc(S(N)(=O)=O)cc1. The molecule has 0 saturated carbocycles. The van der Waals surface area contributed by atoms with Gasteiger partial charge in [-0.25, -0.2) is 23.3 Å². The molecule has 0 bridgehead atoms. The molecule has 2 rings (SSSR count). The Morgan fingerprint density at radius 3 is 2.30 bits per heavy atom. The van der Waals surface area contributed by atoms with Crippen LogP contribution in [0.3, 0.4) is 0 Å². The van der Waals surface area contributed by atoms with Gasteiger partial charge < -0.3 is 9.47 Å². The van der Waals surface area contributed by atoms with Crippen LogP contribution < -0.4 is 14.8 Å². The summed E-state index contributed by atoms with van der Waals surface area (Å²) in [7, 11) is -2.78. The molecule has 0 aliphatic carbocycles. The molecule has 10 heteroatoms. The largest absolute Gasteiger partial charge is 0.483 e. The third-order valence-electron chi connectivity index (χ3n) is 3.52. The quantitative estimate of drug-likeness (QED) is 0.806. The topological polar surface area (TPSA) is 116 Å². The van der Waals surface area contributed by atoms with E-state index in [2.05, 4.69) is 4.74 Å². The van der Waals surface area contributed by atoms with E-state index in [1.165, 1.54) is 24.3 Å². The van der Waals surface area contributed by atoms with Crippen LogP contribution in [0.5, 0.6) is 5.75 Å². The normalized spacial score (nSPS) is 11.0. The maximum Gasteiger partial charge on any atom is 0.421 e. The number of hydrogen-bond acceptors (Lipinski definition) is 6. The monoisotopic (exact) mass is 412 g/mol. The average molecular weight is 413 g/mol. The Kier molecular flexibility index (Phi) is 6.42. The molecule has 0 radical (unpaired) electrons. The predicted octanol–water partition coefficient (Wildman–Crippen LogP) is 2.47. The number of sulfonamides is 1. The number of aryl methyl sites for hydroxylation is 1. The van der Waals surface area contributed by atoms with Crippen LogP contribution >= 0.6 is 11.6 Å². The van der Waals surface area contributed by atoms with Crippen LogP contribution in [0.4, 0.5) is 10.5 Å². The molecule has 8 nitrogen and oxygen atoms in total. The Balaban J connectivity index is 2.22. The van der Waals surface area contributed by atoms with Gasteiger partial charge in [0.05, 0.1) is 17.7 Å². The van der Waals surface area contributed by atoms with Gasteiger partial charge in [-0.05, 0) is 55.0 Å². The van der Waals surface area contributed by atoms with E-state index < -0.39 is 28.6 Å². The second kappa shape index (κ2) is 8.38. The highest BCUT2D eigenvalue weighted by Crippen LogP contribution is 2.23. The van der Waals surface area contributed by atoms with E-state index in [9.17, 15) is 18.0 Å². The van der Waals surface area contributed by atoms with Crippen LogP contribution in [0.2, 0.25) is 5.02 Å². The van der Waals surface area contributed by atoms with Gasteiger partial charge in [0.2, 0.25) is 10.0 Å². The van der Waals surface area contributed by atoms with Crippen LogP contribution in [0.1, 0.15) is 5.56 Å². The lowest BCUT2D eigenvalue weighted by molar-refractivity contribution is -0.120. The van der Waals surface area contributed by atoms with E-state index in [1.54, 1.807) is 25.1 Å². The molecule has 2 amide bonds. The molecule has 0 saturated heterocycles. The molecule has 0 atom stereocenters. The van der Waals surface area contributed by atoms with Gasteiger partial charge in [-0.2, -0.15) is 0 Å². The van der Waals surface area contributed by atoms with Crippen LogP contribution in [0.25, 0.3) is 0 Å². The number of nitrogens with zero attached hydrogens (tertiary/aromatic N) is 1. The van der Waals surface area contributed by atoms with Crippen molar-refractivity contribution in [3.05, 3.63) is 53.1 Å². The number of nitrogens with two attached hydrogens (primary N) is 1. The lowest BCUT2D eigenvalue weighted by Gasteiger charge is -2.20. The lowest BCUT2D eigenvalue weighted by atomic mass is 10.2. The third kappa shape index (κ3) is 5.19. The Hall–Kier alpha value is -2.62.